The van der Waals surface area contributed by atoms with Crippen molar-refractivity contribution < 1.29 is 33.3 Å². The fraction of sp³-hybridized carbons (Fsp3) is 0.611. The number of halogens is 1. The molecule has 0 spiro atoms. The van der Waals surface area contributed by atoms with E-state index in [1.54, 1.807) is 26.2 Å². The summed E-state index contributed by atoms with van der Waals surface area (Å²) in [7, 11) is 1.56. The molecule has 0 aromatic heterocycles. The Kier molecular flexibility index (Phi) is 11.4. The van der Waals surface area contributed by atoms with E-state index >= 15 is 0 Å². The third-order valence-electron chi connectivity index (χ3n) is 9.47. The number of hydrogen-bond donors (Lipinski definition) is 1. The van der Waals surface area contributed by atoms with Crippen LogP contribution in [0.15, 0.2) is 30.3 Å². The zero-order valence-electron chi connectivity index (χ0n) is 28.0. The van der Waals surface area contributed by atoms with Gasteiger partial charge >= 0.3 is 5.97 Å². The molecule has 0 bridgehead atoms. The van der Waals surface area contributed by atoms with Gasteiger partial charge in [-0.25, -0.2) is 4.39 Å². The van der Waals surface area contributed by atoms with Crippen LogP contribution < -0.4 is 19.1 Å². The molecule has 9 heteroatoms. The Morgan fingerprint density at radius 1 is 1.11 bits per heavy atom. The van der Waals surface area contributed by atoms with E-state index in [-0.39, 0.29) is 42.6 Å². The third-order valence-corrected chi connectivity index (χ3v) is 9.47. The maximum Gasteiger partial charge on any atom is 0.308 e. The molecule has 3 atom stereocenters. The standard InChI is InChI=1S/C36H51FN2O6/c1-8-11-25(12-9-2)39(26-13-14-28(37)23(4)16-26)32(40)21-38-20-27(24-17-30(43-7)34-31(18-24)44-22-45-34)33(35(41)42)29(38)19-36(5,6)15-10-3/h13-14,16-18,25,27,29,33H,8-12,15,19-22H2,1-7H3,(H,41,42). The number of carboxylic acids is 1. The van der Waals surface area contributed by atoms with Crippen LogP contribution in [0.25, 0.3) is 0 Å². The van der Waals surface area contributed by atoms with Gasteiger partial charge in [0.15, 0.2) is 11.5 Å². The summed E-state index contributed by atoms with van der Waals surface area (Å²) >= 11 is 0. The van der Waals surface area contributed by atoms with Crippen LogP contribution >= 0.6 is 0 Å². The predicted octanol–water partition coefficient (Wildman–Crippen LogP) is 7.56. The van der Waals surface area contributed by atoms with E-state index in [2.05, 4.69) is 39.5 Å². The molecule has 248 valence electrons. The first-order valence-electron chi connectivity index (χ1n) is 16.5. The van der Waals surface area contributed by atoms with Crippen molar-refractivity contribution in [1.29, 1.82) is 0 Å². The van der Waals surface area contributed by atoms with Gasteiger partial charge in [0, 0.05) is 30.2 Å². The number of anilines is 1. The summed E-state index contributed by atoms with van der Waals surface area (Å²) < 4.78 is 31.2. The van der Waals surface area contributed by atoms with Crippen molar-refractivity contribution in [2.24, 2.45) is 11.3 Å². The number of nitrogens with zero attached hydrogens (tertiary/aromatic N) is 2. The number of methoxy groups -OCH3 is 1. The molecule has 1 saturated heterocycles. The summed E-state index contributed by atoms with van der Waals surface area (Å²) in [6, 6.07) is 8.15. The first kappa shape index (κ1) is 34.5. The largest absolute Gasteiger partial charge is 0.493 e. The number of aliphatic carboxylic acids is 1. The van der Waals surface area contributed by atoms with Crippen molar-refractivity contribution in [2.75, 3.05) is 31.9 Å². The normalized spacial score (nSPS) is 19.7. The number of rotatable bonds is 15. The second-order valence-electron chi connectivity index (χ2n) is 13.5. The maximum atomic E-state index is 14.5. The fourth-order valence-electron chi connectivity index (χ4n) is 7.45. The number of carboxylic acid groups (broad SMARTS) is 1. The molecule has 8 nitrogen and oxygen atoms in total. The smallest absolute Gasteiger partial charge is 0.308 e. The number of fused-ring (bicyclic) bond motifs is 1. The molecule has 1 N–H and O–H groups in total. The Bertz CT molecular complexity index is 1340. The van der Waals surface area contributed by atoms with Crippen molar-refractivity contribution in [3.8, 4) is 17.2 Å². The molecular weight excluding hydrogens is 575 g/mol. The van der Waals surface area contributed by atoms with Crippen LogP contribution in [0.5, 0.6) is 17.2 Å². The Labute approximate surface area is 267 Å². The topological polar surface area (TPSA) is 88.5 Å². The lowest BCUT2D eigenvalue weighted by Gasteiger charge is -2.37. The van der Waals surface area contributed by atoms with Gasteiger partial charge in [-0.15, -0.1) is 0 Å². The lowest BCUT2D eigenvalue weighted by atomic mass is 9.76. The van der Waals surface area contributed by atoms with Crippen LogP contribution in [0.4, 0.5) is 10.1 Å². The highest BCUT2D eigenvalue weighted by molar-refractivity contribution is 5.95. The van der Waals surface area contributed by atoms with Crippen molar-refractivity contribution in [3.63, 3.8) is 0 Å². The number of carbonyl (C=O) groups is 2. The van der Waals surface area contributed by atoms with Crippen LogP contribution in [0.1, 0.15) is 96.6 Å². The number of amides is 1. The molecule has 0 radical (unpaired) electrons. The molecule has 4 rings (SSSR count). The zero-order valence-corrected chi connectivity index (χ0v) is 28.0. The second-order valence-corrected chi connectivity index (χ2v) is 13.5. The van der Waals surface area contributed by atoms with E-state index in [4.69, 9.17) is 14.2 Å². The van der Waals surface area contributed by atoms with Crippen molar-refractivity contribution >= 4 is 17.6 Å². The number of benzene rings is 2. The van der Waals surface area contributed by atoms with Gasteiger partial charge in [0.05, 0.1) is 19.6 Å². The minimum atomic E-state index is -0.885. The molecule has 3 unspecified atom stereocenters. The van der Waals surface area contributed by atoms with Crippen molar-refractivity contribution in [1.82, 2.24) is 4.90 Å². The summed E-state index contributed by atoms with van der Waals surface area (Å²) in [5.41, 5.74) is 1.83. The van der Waals surface area contributed by atoms with Crippen molar-refractivity contribution in [3.05, 3.63) is 47.3 Å². The van der Waals surface area contributed by atoms with Gasteiger partial charge in [-0.1, -0.05) is 53.9 Å². The van der Waals surface area contributed by atoms with Gasteiger partial charge in [-0.2, -0.15) is 0 Å². The lowest BCUT2D eigenvalue weighted by molar-refractivity contribution is -0.143. The molecule has 2 heterocycles. The Morgan fingerprint density at radius 3 is 2.42 bits per heavy atom. The van der Waals surface area contributed by atoms with Crippen LogP contribution in [0, 0.1) is 24.1 Å². The zero-order chi connectivity index (χ0) is 32.9. The molecule has 2 aliphatic rings. The van der Waals surface area contributed by atoms with E-state index in [1.807, 2.05) is 17.0 Å². The van der Waals surface area contributed by atoms with Crippen LogP contribution in [0.2, 0.25) is 0 Å². The predicted molar refractivity (Wildman–Crippen MR) is 174 cm³/mol. The first-order chi connectivity index (χ1) is 21.4. The quantitative estimate of drug-likeness (QED) is 0.218. The molecule has 45 heavy (non-hydrogen) atoms. The fourth-order valence-corrected chi connectivity index (χ4v) is 7.45. The summed E-state index contributed by atoms with van der Waals surface area (Å²) in [6.07, 6.45) is 6.00. The molecule has 2 aromatic rings. The highest BCUT2D eigenvalue weighted by atomic mass is 19.1. The molecule has 1 amide bonds. The average Bonchev–Trinajstić information content (AvgIpc) is 3.59. The summed E-state index contributed by atoms with van der Waals surface area (Å²) in [5, 5.41) is 10.7. The maximum absolute atomic E-state index is 14.5. The molecule has 2 aliphatic heterocycles. The first-order valence-corrected chi connectivity index (χ1v) is 16.5. The van der Waals surface area contributed by atoms with Crippen LogP contribution in [0.3, 0.4) is 0 Å². The Morgan fingerprint density at radius 2 is 1.82 bits per heavy atom. The van der Waals surface area contributed by atoms with E-state index < -0.39 is 17.8 Å². The molecule has 0 aliphatic carbocycles. The second kappa shape index (κ2) is 14.8. The molecular formula is C36H51FN2O6. The van der Waals surface area contributed by atoms with Crippen molar-refractivity contribution in [2.45, 2.75) is 104 Å². The van der Waals surface area contributed by atoms with Crippen LogP contribution in [-0.4, -0.2) is 61.0 Å². The highest BCUT2D eigenvalue weighted by Crippen LogP contribution is 2.48. The van der Waals surface area contributed by atoms with E-state index in [9.17, 15) is 19.1 Å². The van der Waals surface area contributed by atoms with Crippen LogP contribution in [-0.2, 0) is 9.59 Å². The average molecular weight is 627 g/mol. The summed E-state index contributed by atoms with van der Waals surface area (Å²) in [5.74, 6) is -0.886. The number of hydrogen-bond acceptors (Lipinski definition) is 6. The number of carbonyl (C=O) groups excluding carboxylic acids is 1. The lowest BCUT2D eigenvalue weighted by Crippen LogP contribution is -2.48. The number of aryl methyl sites for hydroxylation is 1. The van der Waals surface area contributed by atoms with E-state index in [0.29, 0.717) is 41.5 Å². The van der Waals surface area contributed by atoms with E-state index in [1.165, 1.54) is 6.07 Å². The molecule has 1 fully saturated rings. The number of likely N-dealkylation sites (tertiary alicyclic amines) is 1. The van der Waals surface area contributed by atoms with Gasteiger partial charge in [0.2, 0.25) is 18.4 Å². The minimum Gasteiger partial charge on any atom is -0.493 e. The monoisotopic (exact) mass is 626 g/mol. The summed E-state index contributed by atoms with van der Waals surface area (Å²) in [4.78, 5) is 31.5. The third kappa shape index (κ3) is 7.74. The minimum absolute atomic E-state index is 0.0425. The summed E-state index contributed by atoms with van der Waals surface area (Å²) in [6.45, 7) is 13.0. The van der Waals surface area contributed by atoms with Gasteiger partial charge in [0.1, 0.15) is 5.82 Å². The Hall–Kier alpha value is -3.33. The van der Waals surface area contributed by atoms with Gasteiger partial charge in [-0.3, -0.25) is 14.5 Å². The van der Waals surface area contributed by atoms with Gasteiger partial charge in [0.25, 0.3) is 0 Å². The SMILES string of the molecule is CCCC(CCC)N(C(=O)CN1CC(c2cc(OC)c3c(c2)OCO3)C(C(=O)O)C1CC(C)(C)CCC)c1ccc(F)c(C)c1. The molecule has 2 aromatic carbocycles. The highest BCUT2D eigenvalue weighted by Gasteiger charge is 2.49. The Balaban J connectivity index is 1.76. The van der Waals surface area contributed by atoms with Gasteiger partial charge in [-0.05, 0) is 79.5 Å². The van der Waals surface area contributed by atoms with Gasteiger partial charge < -0.3 is 24.2 Å². The number of ether oxygens (including phenoxy) is 3. The van der Waals surface area contributed by atoms with E-state index in [0.717, 1.165) is 44.1 Å². The molecule has 0 saturated carbocycles.